The van der Waals surface area contributed by atoms with Crippen molar-refractivity contribution in [1.29, 1.82) is 0 Å². The number of carbonyl (C=O) groups is 1. The number of aryl methyl sites for hydroxylation is 1. The van der Waals surface area contributed by atoms with Crippen molar-refractivity contribution in [1.82, 2.24) is 14.2 Å². The van der Waals surface area contributed by atoms with E-state index >= 15 is 0 Å². The summed E-state index contributed by atoms with van der Waals surface area (Å²) in [6, 6.07) is 6.80. The highest BCUT2D eigenvalue weighted by Crippen LogP contribution is 2.29. The van der Waals surface area contributed by atoms with Crippen LogP contribution in [-0.2, 0) is 17.1 Å². The number of carbonyl (C=O) groups excluding carboxylic acids is 1. The summed E-state index contributed by atoms with van der Waals surface area (Å²) >= 11 is 0. The lowest BCUT2D eigenvalue weighted by Gasteiger charge is -2.34. The maximum Gasteiger partial charge on any atom is 0.267 e. The van der Waals surface area contributed by atoms with Crippen LogP contribution in [0, 0.1) is 11.8 Å². The average molecular weight is 363 g/mol. The highest BCUT2D eigenvalue weighted by molar-refractivity contribution is 7.89. The minimum atomic E-state index is -3.53. The fraction of sp³-hybridized carbons (Fsp3) is 0.500. The molecule has 7 heteroatoms. The van der Waals surface area contributed by atoms with Gasteiger partial charge in [0.05, 0.1) is 4.90 Å². The Morgan fingerprint density at radius 3 is 2.40 bits per heavy atom. The summed E-state index contributed by atoms with van der Waals surface area (Å²) in [6.07, 6.45) is 1.05. The molecule has 1 fully saturated rings. The lowest BCUT2D eigenvalue weighted by Crippen LogP contribution is -2.42. The van der Waals surface area contributed by atoms with E-state index in [1.807, 2.05) is 0 Å². The van der Waals surface area contributed by atoms with E-state index in [1.165, 1.54) is 0 Å². The second kappa shape index (κ2) is 6.46. The predicted molar refractivity (Wildman–Crippen MR) is 98.0 cm³/mol. The van der Waals surface area contributed by atoms with Gasteiger partial charge in [0.2, 0.25) is 10.0 Å². The van der Waals surface area contributed by atoms with Crippen LogP contribution in [0.4, 0.5) is 0 Å². The van der Waals surface area contributed by atoms with Crippen molar-refractivity contribution >= 4 is 26.8 Å². The summed E-state index contributed by atoms with van der Waals surface area (Å²) in [6.45, 7) is 5.30. The standard InChI is InChI=1S/C18H25N3O3S/c1-12-7-13(2)11-21(10-12)25(23,24)15-5-6-16-14(8-15)9-17(20(16)4)18(22)19-3/h5-6,8-9,12-13H,7,10-11H2,1-4H3,(H,19,22). The zero-order valence-electron chi connectivity index (χ0n) is 15.1. The van der Waals surface area contributed by atoms with Gasteiger partial charge in [-0.15, -0.1) is 0 Å². The van der Waals surface area contributed by atoms with Crippen molar-refractivity contribution in [2.24, 2.45) is 18.9 Å². The molecule has 1 N–H and O–H groups in total. The zero-order chi connectivity index (χ0) is 18.4. The number of fused-ring (bicyclic) bond motifs is 1. The van der Waals surface area contributed by atoms with Gasteiger partial charge in [-0.1, -0.05) is 13.8 Å². The molecule has 3 rings (SSSR count). The summed E-state index contributed by atoms with van der Waals surface area (Å²) in [5.74, 6) is 0.527. The van der Waals surface area contributed by atoms with Gasteiger partial charge in [0, 0.05) is 38.1 Å². The van der Waals surface area contributed by atoms with Gasteiger partial charge in [-0.05, 0) is 42.5 Å². The van der Waals surface area contributed by atoms with Crippen LogP contribution >= 0.6 is 0 Å². The Bertz CT molecular complexity index is 907. The van der Waals surface area contributed by atoms with Crippen LogP contribution in [0.25, 0.3) is 10.9 Å². The van der Waals surface area contributed by atoms with Crippen molar-refractivity contribution in [3.05, 3.63) is 30.0 Å². The normalized spacial score (nSPS) is 22.2. The largest absolute Gasteiger partial charge is 0.354 e. The number of nitrogens with one attached hydrogen (secondary N) is 1. The number of nitrogens with zero attached hydrogens (tertiary/aromatic N) is 2. The Hall–Kier alpha value is -1.86. The first kappa shape index (κ1) is 17.9. The molecule has 0 bridgehead atoms. The highest BCUT2D eigenvalue weighted by Gasteiger charge is 2.31. The summed E-state index contributed by atoms with van der Waals surface area (Å²) in [7, 11) is -0.147. The average Bonchev–Trinajstić information content (AvgIpc) is 2.89. The minimum absolute atomic E-state index is 0.193. The monoisotopic (exact) mass is 363 g/mol. The van der Waals surface area contributed by atoms with Crippen LogP contribution in [0.2, 0.25) is 0 Å². The first-order chi connectivity index (χ1) is 11.7. The van der Waals surface area contributed by atoms with E-state index in [4.69, 9.17) is 0 Å². The minimum Gasteiger partial charge on any atom is -0.354 e. The lowest BCUT2D eigenvalue weighted by molar-refractivity contribution is 0.0955. The molecule has 2 aromatic rings. The van der Waals surface area contributed by atoms with E-state index in [0.29, 0.717) is 30.6 Å². The van der Waals surface area contributed by atoms with Gasteiger partial charge in [-0.2, -0.15) is 4.31 Å². The van der Waals surface area contributed by atoms with Crippen molar-refractivity contribution in [2.45, 2.75) is 25.2 Å². The Morgan fingerprint density at radius 1 is 1.16 bits per heavy atom. The molecule has 0 spiro atoms. The third kappa shape index (κ3) is 3.18. The molecule has 1 amide bonds. The van der Waals surface area contributed by atoms with Crippen LogP contribution in [0.15, 0.2) is 29.2 Å². The van der Waals surface area contributed by atoms with Gasteiger partial charge in [0.1, 0.15) is 5.69 Å². The van der Waals surface area contributed by atoms with Crippen LogP contribution in [0.1, 0.15) is 30.8 Å². The summed E-state index contributed by atoms with van der Waals surface area (Å²) < 4.78 is 29.5. The fourth-order valence-corrected chi connectivity index (χ4v) is 5.50. The van der Waals surface area contributed by atoms with Crippen LogP contribution in [0.3, 0.4) is 0 Å². The molecule has 2 unspecified atom stereocenters. The van der Waals surface area contributed by atoms with Crippen molar-refractivity contribution in [3.8, 4) is 0 Å². The van der Waals surface area contributed by atoms with E-state index in [9.17, 15) is 13.2 Å². The topological polar surface area (TPSA) is 71.4 Å². The molecule has 2 atom stereocenters. The molecule has 25 heavy (non-hydrogen) atoms. The molecule has 1 saturated heterocycles. The number of hydrogen-bond acceptors (Lipinski definition) is 3. The molecule has 1 aliphatic rings. The maximum atomic E-state index is 13.0. The van der Waals surface area contributed by atoms with E-state index in [-0.39, 0.29) is 10.8 Å². The number of aromatic nitrogens is 1. The van der Waals surface area contributed by atoms with Crippen molar-refractivity contribution in [2.75, 3.05) is 20.1 Å². The van der Waals surface area contributed by atoms with Gasteiger partial charge >= 0.3 is 0 Å². The van der Waals surface area contributed by atoms with Crippen molar-refractivity contribution in [3.63, 3.8) is 0 Å². The Kier molecular flexibility index (Phi) is 4.64. The van der Waals surface area contributed by atoms with Gasteiger partial charge in [-0.25, -0.2) is 8.42 Å². The molecular formula is C18H25N3O3S. The van der Waals surface area contributed by atoms with Gasteiger partial charge in [-0.3, -0.25) is 4.79 Å². The molecule has 2 heterocycles. The molecule has 0 saturated carbocycles. The molecule has 1 aliphatic heterocycles. The number of amides is 1. The van der Waals surface area contributed by atoms with Gasteiger partial charge in [0.25, 0.3) is 5.91 Å². The first-order valence-electron chi connectivity index (χ1n) is 8.55. The number of piperidine rings is 1. The zero-order valence-corrected chi connectivity index (χ0v) is 15.9. The Morgan fingerprint density at radius 2 is 1.80 bits per heavy atom. The molecule has 0 aliphatic carbocycles. The third-order valence-electron chi connectivity index (χ3n) is 4.95. The number of hydrogen-bond donors (Lipinski definition) is 1. The van der Waals surface area contributed by atoms with Crippen LogP contribution in [-0.4, -0.2) is 43.3 Å². The van der Waals surface area contributed by atoms with Crippen LogP contribution < -0.4 is 5.32 Å². The van der Waals surface area contributed by atoms with E-state index < -0.39 is 10.0 Å². The molecular weight excluding hydrogens is 338 g/mol. The number of sulfonamides is 1. The number of benzene rings is 1. The summed E-state index contributed by atoms with van der Waals surface area (Å²) in [5, 5.41) is 3.35. The third-order valence-corrected chi connectivity index (χ3v) is 6.77. The molecule has 6 nitrogen and oxygen atoms in total. The van der Waals surface area contributed by atoms with Gasteiger partial charge in [0.15, 0.2) is 0 Å². The molecule has 1 aromatic carbocycles. The summed E-state index contributed by atoms with van der Waals surface area (Å²) in [5.41, 5.74) is 1.34. The van der Waals surface area contributed by atoms with E-state index in [2.05, 4.69) is 19.2 Å². The quantitative estimate of drug-likeness (QED) is 0.909. The molecule has 136 valence electrons. The van der Waals surface area contributed by atoms with Gasteiger partial charge < -0.3 is 9.88 Å². The second-order valence-electron chi connectivity index (χ2n) is 7.16. The SMILES string of the molecule is CNC(=O)c1cc2cc(S(=O)(=O)N3CC(C)CC(C)C3)ccc2n1C. The smallest absolute Gasteiger partial charge is 0.267 e. The Labute approximate surface area is 148 Å². The van der Waals surface area contributed by atoms with Crippen molar-refractivity contribution < 1.29 is 13.2 Å². The molecule has 0 radical (unpaired) electrons. The summed E-state index contributed by atoms with van der Waals surface area (Å²) in [4.78, 5) is 12.2. The highest BCUT2D eigenvalue weighted by atomic mass is 32.2. The predicted octanol–water partition coefficient (Wildman–Crippen LogP) is 2.20. The second-order valence-corrected chi connectivity index (χ2v) is 9.09. The van der Waals surface area contributed by atoms with E-state index in [1.54, 1.807) is 47.2 Å². The first-order valence-corrected chi connectivity index (χ1v) is 9.99. The Balaban J connectivity index is 2.02. The molecule has 1 aromatic heterocycles. The van der Waals surface area contributed by atoms with Crippen LogP contribution in [0.5, 0.6) is 0 Å². The fourth-order valence-electron chi connectivity index (χ4n) is 3.79. The maximum absolute atomic E-state index is 13.0. The van der Waals surface area contributed by atoms with E-state index in [0.717, 1.165) is 17.3 Å². The number of rotatable bonds is 3. The lowest BCUT2D eigenvalue weighted by atomic mass is 9.94.